The van der Waals surface area contributed by atoms with Crippen molar-refractivity contribution in [3.05, 3.63) is 35.9 Å². The first-order chi connectivity index (χ1) is 12.0. The Morgan fingerprint density at radius 1 is 1.08 bits per heavy atom. The van der Waals surface area contributed by atoms with Crippen molar-refractivity contribution < 1.29 is 4.79 Å². The molecule has 2 heterocycles. The second-order valence-electron chi connectivity index (χ2n) is 8.35. The van der Waals surface area contributed by atoms with Gasteiger partial charge in [0.2, 0.25) is 5.91 Å². The van der Waals surface area contributed by atoms with E-state index in [1.807, 2.05) is 18.2 Å². The molecular weight excluding hydrogens is 310 g/mol. The quantitative estimate of drug-likeness (QED) is 0.913. The topological polar surface area (TPSA) is 35.6 Å². The highest BCUT2D eigenvalue weighted by molar-refractivity contribution is 5.80. The fraction of sp³-hybridized carbons (Fsp3) is 0.667. The monoisotopic (exact) mass is 343 g/mol. The lowest BCUT2D eigenvalue weighted by Crippen LogP contribution is -2.52. The number of likely N-dealkylation sites (tertiary alicyclic amines) is 2. The summed E-state index contributed by atoms with van der Waals surface area (Å²) < 4.78 is 0. The van der Waals surface area contributed by atoms with E-state index in [2.05, 4.69) is 48.1 Å². The maximum absolute atomic E-state index is 12.9. The van der Waals surface area contributed by atoms with Crippen LogP contribution in [0.25, 0.3) is 0 Å². The van der Waals surface area contributed by atoms with Crippen molar-refractivity contribution >= 4 is 5.91 Å². The van der Waals surface area contributed by atoms with E-state index in [0.29, 0.717) is 6.04 Å². The van der Waals surface area contributed by atoms with Crippen LogP contribution in [0.2, 0.25) is 0 Å². The molecule has 0 bridgehead atoms. The first kappa shape index (κ1) is 18.4. The number of hydrogen-bond acceptors (Lipinski definition) is 3. The fourth-order valence-electron chi connectivity index (χ4n) is 4.25. The van der Waals surface area contributed by atoms with Crippen LogP contribution in [0.15, 0.2) is 30.3 Å². The van der Waals surface area contributed by atoms with Crippen LogP contribution in [0.4, 0.5) is 0 Å². The van der Waals surface area contributed by atoms with Crippen molar-refractivity contribution in [2.24, 2.45) is 5.92 Å². The van der Waals surface area contributed by atoms with Crippen molar-refractivity contribution in [1.29, 1.82) is 0 Å². The minimum atomic E-state index is -0.325. The van der Waals surface area contributed by atoms with E-state index in [-0.39, 0.29) is 17.4 Å². The Hall–Kier alpha value is -1.39. The number of piperidine rings is 2. The molecule has 0 radical (unpaired) electrons. The summed E-state index contributed by atoms with van der Waals surface area (Å²) in [6.45, 7) is 8.62. The summed E-state index contributed by atoms with van der Waals surface area (Å²) in [4.78, 5) is 17.9. The predicted molar refractivity (Wildman–Crippen MR) is 102 cm³/mol. The van der Waals surface area contributed by atoms with Crippen LogP contribution in [0.3, 0.4) is 0 Å². The number of carbonyl (C=O) groups is 1. The normalized spacial score (nSPS) is 24.2. The molecule has 4 nitrogen and oxygen atoms in total. The highest BCUT2D eigenvalue weighted by atomic mass is 16.2. The number of benzene rings is 1. The number of nitrogens with zero attached hydrogens (tertiary/aromatic N) is 2. The first-order valence-corrected chi connectivity index (χ1v) is 9.76. The third-order valence-electron chi connectivity index (χ3n) is 5.96. The van der Waals surface area contributed by atoms with Gasteiger partial charge in [0.05, 0.1) is 11.5 Å². The number of nitrogens with one attached hydrogen (secondary N) is 1. The zero-order valence-electron chi connectivity index (χ0n) is 16.0. The maximum atomic E-state index is 12.9. The first-order valence-electron chi connectivity index (χ1n) is 9.76. The van der Waals surface area contributed by atoms with Crippen LogP contribution in [-0.2, 0) is 10.3 Å². The van der Waals surface area contributed by atoms with E-state index in [0.717, 1.165) is 31.5 Å². The predicted octanol–water partition coefficient (Wildman–Crippen LogP) is 2.84. The van der Waals surface area contributed by atoms with E-state index in [1.165, 1.54) is 25.9 Å². The van der Waals surface area contributed by atoms with Crippen LogP contribution in [0.5, 0.6) is 0 Å². The van der Waals surface area contributed by atoms with Crippen LogP contribution in [-0.4, -0.2) is 55.0 Å². The molecule has 2 aliphatic heterocycles. The molecule has 1 amide bonds. The average Bonchev–Trinajstić information content (AvgIpc) is 2.63. The van der Waals surface area contributed by atoms with Crippen LogP contribution in [0, 0.1) is 5.92 Å². The smallest absolute Gasteiger partial charge is 0.225 e. The molecule has 1 unspecified atom stereocenters. The van der Waals surface area contributed by atoms with Gasteiger partial charge in [0.1, 0.15) is 0 Å². The van der Waals surface area contributed by atoms with Crippen molar-refractivity contribution in [1.82, 2.24) is 15.1 Å². The zero-order chi connectivity index (χ0) is 17.9. The van der Waals surface area contributed by atoms with Crippen molar-refractivity contribution in [2.45, 2.75) is 51.1 Å². The van der Waals surface area contributed by atoms with Crippen molar-refractivity contribution in [3.63, 3.8) is 0 Å². The second-order valence-corrected chi connectivity index (χ2v) is 8.35. The highest BCUT2D eigenvalue weighted by Crippen LogP contribution is 2.26. The Labute approximate surface area is 152 Å². The Bertz CT molecular complexity index is 564. The van der Waals surface area contributed by atoms with E-state index >= 15 is 0 Å². The van der Waals surface area contributed by atoms with Gasteiger partial charge < -0.3 is 10.2 Å². The zero-order valence-corrected chi connectivity index (χ0v) is 16.0. The van der Waals surface area contributed by atoms with Gasteiger partial charge in [0, 0.05) is 12.6 Å². The number of rotatable bonds is 4. The largest absolute Gasteiger partial charge is 0.347 e. The Morgan fingerprint density at radius 2 is 1.76 bits per heavy atom. The molecule has 1 atom stereocenters. The molecule has 3 rings (SSSR count). The lowest BCUT2D eigenvalue weighted by atomic mass is 9.90. The fourth-order valence-corrected chi connectivity index (χ4v) is 4.25. The molecule has 4 heteroatoms. The molecule has 138 valence electrons. The molecule has 2 saturated heterocycles. The van der Waals surface area contributed by atoms with Crippen LogP contribution in [0.1, 0.15) is 45.1 Å². The van der Waals surface area contributed by atoms with Gasteiger partial charge in [-0.1, -0.05) is 30.3 Å². The molecule has 1 aromatic carbocycles. The third kappa shape index (κ3) is 4.62. The average molecular weight is 344 g/mol. The van der Waals surface area contributed by atoms with E-state index < -0.39 is 0 Å². The minimum absolute atomic E-state index is 0.122. The summed E-state index contributed by atoms with van der Waals surface area (Å²) in [6, 6.07) is 10.9. The van der Waals surface area contributed by atoms with Gasteiger partial charge in [0.15, 0.2) is 0 Å². The summed E-state index contributed by atoms with van der Waals surface area (Å²) in [7, 11) is 2.20. The molecule has 0 saturated carbocycles. The van der Waals surface area contributed by atoms with Gasteiger partial charge in [-0.05, 0) is 71.8 Å². The van der Waals surface area contributed by atoms with E-state index in [4.69, 9.17) is 0 Å². The summed E-state index contributed by atoms with van der Waals surface area (Å²) in [5.74, 6) is 0.336. The molecule has 2 fully saturated rings. The standard InChI is InChI=1S/C21H33N3O/c1-21(2,18-9-5-4-6-10-18)22-20(25)17-8-7-13-24(16-17)19-11-14-23(3)15-12-19/h4-6,9-10,17,19H,7-8,11-16H2,1-3H3,(H,22,25). The lowest BCUT2D eigenvalue weighted by Gasteiger charge is -2.42. The lowest BCUT2D eigenvalue weighted by molar-refractivity contribution is -0.129. The summed E-state index contributed by atoms with van der Waals surface area (Å²) in [5.41, 5.74) is 0.833. The van der Waals surface area contributed by atoms with Crippen LogP contribution >= 0.6 is 0 Å². The Balaban J connectivity index is 1.58. The van der Waals surface area contributed by atoms with Gasteiger partial charge in [-0.3, -0.25) is 9.69 Å². The number of carbonyl (C=O) groups excluding carboxylic acids is 1. The van der Waals surface area contributed by atoms with E-state index in [9.17, 15) is 4.79 Å². The molecule has 1 N–H and O–H groups in total. The Morgan fingerprint density at radius 3 is 2.44 bits per heavy atom. The summed E-state index contributed by atoms with van der Waals surface area (Å²) >= 11 is 0. The summed E-state index contributed by atoms with van der Waals surface area (Å²) in [5, 5.41) is 3.30. The van der Waals surface area contributed by atoms with Gasteiger partial charge >= 0.3 is 0 Å². The minimum Gasteiger partial charge on any atom is -0.347 e. The molecule has 1 aromatic rings. The molecule has 0 spiro atoms. The summed E-state index contributed by atoms with van der Waals surface area (Å²) in [6.07, 6.45) is 4.62. The molecule has 2 aliphatic rings. The van der Waals surface area contributed by atoms with Gasteiger partial charge in [-0.25, -0.2) is 0 Å². The number of hydrogen-bond donors (Lipinski definition) is 1. The second kappa shape index (κ2) is 7.88. The highest BCUT2D eigenvalue weighted by Gasteiger charge is 2.33. The van der Waals surface area contributed by atoms with E-state index in [1.54, 1.807) is 0 Å². The Kier molecular flexibility index (Phi) is 5.80. The van der Waals surface area contributed by atoms with Gasteiger partial charge in [-0.15, -0.1) is 0 Å². The molecule has 25 heavy (non-hydrogen) atoms. The number of amides is 1. The molecule has 0 aromatic heterocycles. The van der Waals surface area contributed by atoms with Gasteiger partial charge in [0.25, 0.3) is 0 Å². The maximum Gasteiger partial charge on any atom is 0.225 e. The molecule has 0 aliphatic carbocycles. The van der Waals surface area contributed by atoms with Gasteiger partial charge in [-0.2, -0.15) is 0 Å². The SMILES string of the molecule is CN1CCC(N2CCCC(C(=O)NC(C)(C)c3ccccc3)C2)CC1. The van der Waals surface area contributed by atoms with Crippen LogP contribution < -0.4 is 5.32 Å². The van der Waals surface area contributed by atoms with Crippen molar-refractivity contribution in [3.8, 4) is 0 Å². The van der Waals surface area contributed by atoms with Crippen molar-refractivity contribution in [2.75, 3.05) is 33.2 Å². The molecular formula is C21H33N3O. The third-order valence-corrected chi connectivity index (χ3v) is 5.96.